The van der Waals surface area contributed by atoms with Gasteiger partial charge in [0.2, 0.25) is 0 Å². The predicted octanol–water partition coefficient (Wildman–Crippen LogP) is 0.334. The lowest BCUT2D eigenvalue weighted by Gasteiger charge is -2.35. The third-order valence-corrected chi connectivity index (χ3v) is 3.20. The van der Waals surface area contributed by atoms with Gasteiger partial charge >= 0.3 is 0 Å². The molecule has 1 aromatic rings. The highest BCUT2D eigenvalue weighted by Crippen LogP contribution is 2.20. The van der Waals surface area contributed by atoms with Crippen molar-refractivity contribution in [3.63, 3.8) is 0 Å². The zero-order chi connectivity index (χ0) is 13.0. The van der Waals surface area contributed by atoms with E-state index < -0.39 is 0 Å². The molecule has 0 aliphatic carbocycles. The van der Waals surface area contributed by atoms with Crippen molar-refractivity contribution < 1.29 is 14.9 Å². The number of rotatable bonds is 4. The number of aromatic nitrogens is 1. The first-order chi connectivity index (χ1) is 8.78. The van der Waals surface area contributed by atoms with Crippen LogP contribution < -0.4 is 4.90 Å². The number of ether oxygens (including phenoxy) is 1. The molecule has 1 fully saturated rings. The third-order valence-electron chi connectivity index (χ3n) is 3.20. The minimum absolute atomic E-state index is 0.0106. The number of nitrogens with zero attached hydrogens (tertiary/aromatic N) is 2. The fourth-order valence-corrected chi connectivity index (χ4v) is 2.16. The number of pyridine rings is 1. The first kappa shape index (κ1) is 13.3. The fraction of sp³-hybridized carbons (Fsp3) is 0.615. The van der Waals surface area contributed by atoms with Gasteiger partial charge in [-0.05, 0) is 24.1 Å². The van der Waals surface area contributed by atoms with E-state index in [1.165, 1.54) is 0 Å². The highest BCUT2D eigenvalue weighted by atomic mass is 16.5. The van der Waals surface area contributed by atoms with E-state index in [1.807, 2.05) is 19.1 Å². The molecule has 1 aromatic heterocycles. The summed E-state index contributed by atoms with van der Waals surface area (Å²) >= 11 is 0. The maximum Gasteiger partial charge on any atom is 0.129 e. The lowest BCUT2D eigenvalue weighted by atomic mass is 10.1. The average Bonchev–Trinajstić information content (AvgIpc) is 2.46. The van der Waals surface area contributed by atoms with Crippen molar-refractivity contribution in [1.29, 1.82) is 0 Å². The Bertz CT molecular complexity index is 376. The molecule has 1 atom stereocenters. The van der Waals surface area contributed by atoms with Crippen LogP contribution in [0.3, 0.4) is 0 Å². The fourth-order valence-electron chi connectivity index (χ4n) is 2.16. The average molecular weight is 252 g/mol. The van der Waals surface area contributed by atoms with Crippen molar-refractivity contribution in [2.24, 2.45) is 0 Å². The molecule has 1 saturated heterocycles. The Labute approximate surface area is 107 Å². The molecule has 0 saturated carbocycles. The minimum atomic E-state index is -0.0510. The van der Waals surface area contributed by atoms with Crippen LogP contribution in [0.1, 0.15) is 18.2 Å². The summed E-state index contributed by atoms with van der Waals surface area (Å²) in [6.45, 7) is 3.97. The number of anilines is 1. The third kappa shape index (κ3) is 2.80. The van der Waals surface area contributed by atoms with Crippen molar-refractivity contribution in [3.05, 3.63) is 23.4 Å². The van der Waals surface area contributed by atoms with Gasteiger partial charge in [-0.15, -0.1) is 0 Å². The lowest BCUT2D eigenvalue weighted by molar-refractivity contribution is 0.0722. The molecule has 1 aliphatic rings. The van der Waals surface area contributed by atoms with Gasteiger partial charge in [0.25, 0.3) is 0 Å². The van der Waals surface area contributed by atoms with Crippen LogP contribution in [0.5, 0.6) is 0 Å². The Balaban J connectivity index is 2.29. The Morgan fingerprint density at radius 3 is 2.94 bits per heavy atom. The van der Waals surface area contributed by atoms with E-state index in [0.29, 0.717) is 13.2 Å². The zero-order valence-corrected chi connectivity index (χ0v) is 10.7. The number of morpholine rings is 1. The van der Waals surface area contributed by atoms with Gasteiger partial charge in [0, 0.05) is 12.2 Å². The topological polar surface area (TPSA) is 65.8 Å². The van der Waals surface area contributed by atoms with E-state index in [1.54, 1.807) is 0 Å². The molecule has 100 valence electrons. The highest BCUT2D eigenvalue weighted by molar-refractivity contribution is 5.44. The summed E-state index contributed by atoms with van der Waals surface area (Å²) in [4.78, 5) is 6.63. The number of hydrogen-bond acceptors (Lipinski definition) is 5. The van der Waals surface area contributed by atoms with Gasteiger partial charge in [0.15, 0.2) is 0 Å². The van der Waals surface area contributed by atoms with Crippen LogP contribution in [0.25, 0.3) is 0 Å². The van der Waals surface area contributed by atoms with Gasteiger partial charge in [-0.1, -0.05) is 6.92 Å². The molecular weight excluding hydrogens is 232 g/mol. The van der Waals surface area contributed by atoms with Crippen LogP contribution >= 0.6 is 0 Å². The summed E-state index contributed by atoms with van der Waals surface area (Å²) in [5.74, 6) is 0.820. The molecule has 0 bridgehead atoms. The van der Waals surface area contributed by atoms with Crippen LogP contribution in [0, 0.1) is 0 Å². The van der Waals surface area contributed by atoms with Crippen molar-refractivity contribution in [3.8, 4) is 0 Å². The Kier molecular flexibility index (Phi) is 4.52. The van der Waals surface area contributed by atoms with Crippen LogP contribution in [0.15, 0.2) is 12.1 Å². The summed E-state index contributed by atoms with van der Waals surface area (Å²) in [6.07, 6.45) is 0.828. The van der Waals surface area contributed by atoms with Crippen LogP contribution in [-0.2, 0) is 17.8 Å². The van der Waals surface area contributed by atoms with E-state index in [-0.39, 0.29) is 19.3 Å². The molecule has 0 aromatic carbocycles. The smallest absolute Gasteiger partial charge is 0.129 e. The lowest BCUT2D eigenvalue weighted by Crippen LogP contribution is -2.48. The number of hydrogen-bond donors (Lipinski definition) is 2. The second-order valence-electron chi connectivity index (χ2n) is 4.44. The number of aryl methyl sites for hydroxylation is 1. The molecule has 2 rings (SSSR count). The molecular formula is C13H20N2O3. The largest absolute Gasteiger partial charge is 0.394 e. The summed E-state index contributed by atoms with van der Waals surface area (Å²) < 4.78 is 5.36. The van der Waals surface area contributed by atoms with E-state index in [2.05, 4.69) is 9.88 Å². The minimum Gasteiger partial charge on any atom is -0.394 e. The second kappa shape index (κ2) is 6.13. The standard InChI is InChI=1S/C13H20N2O3/c1-2-11-5-10(7-16)6-13(14-11)15-3-4-18-9-12(15)8-17/h5-6,12,16-17H,2-4,7-9H2,1H3. The second-order valence-corrected chi connectivity index (χ2v) is 4.44. The molecule has 0 amide bonds. The maximum absolute atomic E-state index is 9.38. The maximum atomic E-state index is 9.38. The van der Waals surface area contributed by atoms with Gasteiger partial charge in [-0.25, -0.2) is 4.98 Å². The first-order valence-corrected chi connectivity index (χ1v) is 6.34. The molecule has 1 unspecified atom stereocenters. The Morgan fingerprint density at radius 1 is 1.44 bits per heavy atom. The molecule has 1 aliphatic heterocycles. The monoisotopic (exact) mass is 252 g/mol. The van der Waals surface area contributed by atoms with Crippen LogP contribution in [-0.4, -0.2) is 47.6 Å². The molecule has 0 spiro atoms. The SMILES string of the molecule is CCc1cc(CO)cc(N2CCOCC2CO)n1. The van der Waals surface area contributed by atoms with Crippen molar-refractivity contribution in [2.45, 2.75) is 26.0 Å². The van der Waals surface area contributed by atoms with Crippen molar-refractivity contribution >= 4 is 5.82 Å². The van der Waals surface area contributed by atoms with E-state index in [4.69, 9.17) is 4.74 Å². The molecule has 18 heavy (non-hydrogen) atoms. The van der Waals surface area contributed by atoms with Crippen LogP contribution in [0.2, 0.25) is 0 Å². The molecule has 2 N–H and O–H groups in total. The Morgan fingerprint density at radius 2 is 2.28 bits per heavy atom. The molecule has 2 heterocycles. The van der Waals surface area contributed by atoms with Crippen molar-refractivity contribution in [1.82, 2.24) is 4.98 Å². The Hall–Kier alpha value is -1.17. The summed E-state index contributed by atoms with van der Waals surface area (Å²) in [7, 11) is 0. The van der Waals surface area contributed by atoms with E-state index in [0.717, 1.165) is 30.0 Å². The van der Waals surface area contributed by atoms with Gasteiger partial charge in [0.05, 0.1) is 32.5 Å². The zero-order valence-electron chi connectivity index (χ0n) is 10.7. The van der Waals surface area contributed by atoms with Gasteiger partial charge < -0.3 is 19.8 Å². The van der Waals surface area contributed by atoms with Gasteiger partial charge in [-0.2, -0.15) is 0 Å². The van der Waals surface area contributed by atoms with Gasteiger partial charge in [0.1, 0.15) is 5.82 Å². The van der Waals surface area contributed by atoms with E-state index in [9.17, 15) is 10.2 Å². The van der Waals surface area contributed by atoms with Crippen LogP contribution in [0.4, 0.5) is 5.82 Å². The normalized spacial score (nSPS) is 20.2. The molecule has 5 heteroatoms. The molecule has 5 nitrogen and oxygen atoms in total. The number of aliphatic hydroxyl groups excluding tert-OH is 2. The summed E-state index contributed by atoms with van der Waals surface area (Å²) in [5.41, 5.74) is 1.82. The predicted molar refractivity (Wildman–Crippen MR) is 68.6 cm³/mol. The molecule has 0 radical (unpaired) electrons. The van der Waals surface area contributed by atoms with Gasteiger partial charge in [-0.3, -0.25) is 0 Å². The highest BCUT2D eigenvalue weighted by Gasteiger charge is 2.23. The number of aliphatic hydroxyl groups is 2. The first-order valence-electron chi connectivity index (χ1n) is 6.34. The van der Waals surface area contributed by atoms with E-state index >= 15 is 0 Å². The quantitative estimate of drug-likeness (QED) is 0.808. The summed E-state index contributed by atoms with van der Waals surface area (Å²) in [6, 6.07) is 3.75. The summed E-state index contributed by atoms with van der Waals surface area (Å²) in [5, 5.41) is 18.7. The van der Waals surface area contributed by atoms with Crippen molar-refractivity contribution in [2.75, 3.05) is 31.3 Å².